The van der Waals surface area contributed by atoms with E-state index >= 15 is 0 Å². The summed E-state index contributed by atoms with van der Waals surface area (Å²) in [5.41, 5.74) is -2.39. The molecule has 0 amide bonds. The van der Waals surface area contributed by atoms with Gasteiger partial charge in [-0.3, -0.25) is 0 Å². The van der Waals surface area contributed by atoms with E-state index in [1.54, 1.807) is 0 Å². The van der Waals surface area contributed by atoms with Crippen molar-refractivity contribution in [2.75, 3.05) is 52.9 Å². The summed E-state index contributed by atoms with van der Waals surface area (Å²) in [5.74, 6) is -0.138. The second-order valence-electron chi connectivity index (χ2n) is 29.4. The third kappa shape index (κ3) is 15.5. The van der Waals surface area contributed by atoms with Gasteiger partial charge in [0.2, 0.25) is 0 Å². The molecule has 0 aromatic carbocycles. The van der Waals surface area contributed by atoms with Crippen molar-refractivity contribution < 1.29 is 189 Å². The first kappa shape index (κ1) is 81.7. The van der Waals surface area contributed by atoms with Crippen LogP contribution in [0, 0.1) is 28.1 Å². The van der Waals surface area contributed by atoms with Crippen LogP contribution in [0.3, 0.4) is 0 Å². The SMILES string of the molecule is C=C1C[C@@]23CCC4[C@](C)(C(O)OC(C)OC(CO)C(O)C(O)CO)CCC[C@@]4(C)[C@@H]2CC[C@]1(OC1OC(CO)C(O)C(OC2OC(CO)C(OC4OC(CO)C(OC5OC(CO)C(OC6OC(CO)C(O)C(O)C6O)C(O)C5O)C(O)C4O)C(O)C2O)C1OC1OC(CO)C(O)C(O)C1O)C3. The van der Waals surface area contributed by atoms with E-state index in [4.69, 9.17) is 66.3 Å². The molecule has 38 nitrogen and oxygen atoms in total. The normalized spacial score (nSPS) is 51.1. The molecule has 10 aliphatic rings. The molecule has 0 aromatic heterocycles. The summed E-state index contributed by atoms with van der Waals surface area (Å²) >= 11 is 0. The van der Waals surface area contributed by atoms with E-state index in [2.05, 4.69) is 13.5 Å². The monoisotopic (exact) mass is 1470 g/mol. The van der Waals surface area contributed by atoms with Crippen LogP contribution in [0.1, 0.15) is 78.6 Å². The van der Waals surface area contributed by atoms with Gasteiger partial charge in [0.25, 0.3) is 0 Å². The van der Waals surface area contributed by atoms with Gasteiger partial charge in [0.1, 0.15) is 165 Å². The van der Waals surface area contributed by atoms with Gasteiger partial charge in [-0.05, 0) is 86.5 Å². The Hall–Kier alpha value is -1.78. The highest BCUT2D eigenvalue weighted by Gasteiger charge is 2.70. The Morgan fingerprint density at radius 2 is 0.822 bits per heavy atom. The van der Waals surface area contributed by atoms with Gasteiger partial charge >= 0.3 is 0 Å². The molecule has 0 radical (unpaired) electrons. The van der Waals surface area contributed by atoms with E-state index in [0.29, 0.717) is 56.9 Å². The molecule has 41 atom stereocenters. The molecule has 38 heteroatoms. The molecule has 0 aromatic rings. The number of aliphatic hydroxyl groups excluding tert-OH is 24. The summed E-state index contributed by atoms with van der Waals surface area (Å²) in [6, 6.07) is 0. The first-order chi connectivity index (χ1) is 47.8. The van der Waals surface area contributed by atoms with E-state index in [-0.39, 0.29) is 11.8 Å². The summed E-state index contributed by atoms with van der Waals surface area (Å²) in [4.78, 5) is 0. The zero-order chi connectivity index (χ0) is 73.9. The van der Waals surface area contributed by atoms with Gasteiger partial charge in [-0.1, -0.05) is 26.8 Å². The minimum Gasteiger partial charge on any atom is -0.394 e. The number of ether oxygens (including phenoxy) is 14. The van der Waals surface area contributed by atoms with Gasteiger partial charge in [-0.25, -0.2) is 0 Å². The van der Waals surface area contributed by atoms with Crippen molar-refractivity contribution in [2.24, 2.45) is 28.1 Å². The van der Waals surface area contributed by atoms with E-state index in [1.165, 1.54) is 6.92 Å². The molecule has 6 saturated heterocycles. The van der Waals surface area contributed by atoms with Crippen LogP contribution >= 0.6 is 0 Å². The third-order valence-electron chi connectivity index (χ3n) is 23.3. The first-order valence-corrected chi connectivity index (χ1v) is 34.4. The van der Waals surface area contributed by atoms with Gasteiger partial charge in [0.05, 0.1) is 58.5 Å². The lowest BCUT2D eigenvalue weighted by molar-refractivity contribution is -0.407. The lowest BCUT2D eigenvalue weighted by Gasteiger charge is -2.65. The topological polar surface area (TPSA) is 615 Å². The summed E-state index contributed by atoms with van der Waals surface area (Å²) in [5, 5.41) is 260. The maximum Gasteiger partial charge on any atom is 0.188 e. The van der Waals surface area contributed by atoms with Gasteiger partial charge in [-0.15, -0.1) is 0 Å². The zero-order valence-corrected chi connectivity index (χ0v) is 56.0. The standard InChI is InChI=1S/C63H106O38/c1-22-12-62-10-6-32-60(3,8-5-9-61(32,4)59(87)89-23(2)88-25(14-65)34(73)24(72)13-64)33(62)7-11-63(22,21-62)101-58-52(100-54-44(83)39(78)36(75)27(16-67)91-54)51(37(76)28(17-68)92-58)99-57-47(86)42(81)50(31(20-71)95-57)98-56-46(85)41(80)49(30(19-70)94-56)97-55-45(84)40(79)48(29(18-69)93-55)96-53-43(82)38(77)35(74)26(15-66)90-53/h23-59,64-87H,1,5-21H2,2-4H3/t23?,24?,25?,26?,27?,28?,29?,30?,31?,32?,33-,34?,35?,36?,37?,38?,39?,40?,41?,42?,43?,44?,45?,46?,47?,48?,49?,50?,51?,52?,53?,54?,55?,56?,57?,58?,59?,60+,61+,62+,63-/m0/s1. The lowest BCUT2D eigenvalue weighted by atomic mass is 9.40. The Morgan fingerprint density at radius 1 is 0.426 bits per heavy atom. The van der Waals surface area contributed by atoms with Crippen molar-refractivity contribution in [1.82, 2.24) is 0 Å². The fourth-order valence-corrected chi connectivity index (χ4v) is 17.9. The van der Waals surface area contributed by atoms with E-state index in [1.807, 2.05) is 6.92 Å². The number of aliphatic hydroxyl groups is 24. The third-order valence-corrected chi connectivity index (χ3v) is 23.3. The maximum absolute atomic E-state index is 12.2. The largest absolute Gasteiger partial charge is 0.394 e. The van der Waals surface area contributed by atoms with E-state index in [0.717, 1.165) is 6.42 Å². The minimum atomic E-state index is -2.28. The number of hydrogen-bond acceptors (Lipinski definition) is 38. The maximum atomic E-state index is 12.2. The second-order valence-corrected chi connectivity index (χ2v) is 29.4. The molecular formula is C63H106O38. The van der Waals surface area contributed by atoms with Crippen molar-refractivity contribution >= 4 is 0 Å². The summed E-state index contributed by atoms with van der Waals surface area (Å²) in [6.07, 6.45) is -60.5. The smallest absolute Gasteiger partial charge is 0.188 e. The highest BCUT2D eigenvalue weighted by atomic mass is 16.8. The Balaban J connectivity index is 0.842. The molecule has 24 N–H and O–H groups in total. The van der Waals surface area contributed by atoms with Crippen molar-refractivity contribution in [3.63, 3.8) is 0 Å². The number of rotatable bonds is 27. The van der Waals surface area contributed by atoms with Crippen molar-refractivity contribution in [3.05, 3.63) is 12.2 Å². The van der Waals surface area contributed by atoms with Gasteiger partial charge in [-0.2, -0.15) is 0 Å². The van der Waals surface area contributed by atoms with Crippen LogP contribution in [-0.2, 0) is 66.3 Å². The minimum absolute atomic E-state index is 0.00921. The summed E-state index contributed by atoms with van der Waals surface area (Å²) in [7, 11) is 0. The predicted molar refractivity (Wildman–Crippen MR) is 325 cm³/mol. The Bertz CT molecular complexity index is 2640. The highest BCUT2D eigenvalue weighted by Crippen LogP contribution is 2.74. The highest BCUT2D eigenvalue weighted by molar-refractivity contribution is 5.30. The summed E-state index contributed by atoms with van der Waals surface area (Å²) < 4.78 is 83.8. The van der Waals surface area contributed by atoms with Crippen LogP contribution in [0.2, 0.25) is 0 Å². The Kier molecular flexibility index (Phi) is 26.9. The molecule has 4 saturated carbocycles. The summed E-state index contributed by atoms with van der Waals surface area (Å²) in [6.45, 7) is 2.82. The van der Waals surface area contributed by atoms with Crippen LogP contribution in [0.4, 0.5) is 0 Å². The molecule has 586 valence electrons. The van der Waals surface area contributed by atoms with Gasteiger partial charge in [0.15, 0.2) is 50.3 Å². The molecule has 101 heavy (non-hydrogen) atoms. The molecule has 6 aliphatic heterocycles. The van der Waals surface area contributed by atoms with Crippen LogP contribution in [0.15, 0.2) is 12.2 Å². The Morgan fingerprint density at radius 3 is 1.26 bits per heavy atom. The van der Waals surface area contributed by atoms with Crippen LogP contribution in [0.25, 0.3) is 0 Å². The quantitative estimate of drug-likeness (QED) is 0.0206. The Labute approximate surface area is 579 Å². The number of fused-ring (bicyclic) bond motifs is 3. The van der Waals surface area contributed by atoms with E-state index < -0.39 is 290 Å². The average molecular weight is 1470 g/mol. The van der Waals surface area contributed by atoms with Gasteiger partial charge in [0, 0.05) is 5.41 Å². The van der Waals surface area contributed by atoms with Crippen molar-refractivity contribution in [3.8, 4) is 0 Å². The molecule has 10 fully saturated rings. The molecule has 4 aliphatic carbocycles. The second kappa shape index (κ2) is 33.2. The van der Waals surface area contributed by atoms with Crippen molar-refractivity contribution in [1.29, 1.82) is 0 Å². The number of hydrogen-bond donors (Lipinski definition) is 24. The molecule has 36 unspecified atom stereocenters. The zero-order valence-electron chi connectivity index (χ0n) is 56.0. The lowest BCUT2D eigenvalue weighted by Crippen LogP contribution is -2.69. The van der Waals surface area contributed by atoms with E-state index in [9.17, 15) is 123 Å². The van der Waals surface area contributed by atoms with Crippen LogP contribution in [-0.4, -0.2) is 396 Å². The van der Waals surface area contributed by atoms with Crippen LogP contribution in [0.5, 0.6) is 0 Å². The van der Waals surface area contributed by atoms with Crippen molar-refractivity contribution in [2.45, 2.75) is 299 Å². The molecule has 6 heterocycles. The molecule has 1 spiro atoms. The molecular weight excluding hydrogens is 1360 g/mol. The predicted octanol–water partition coefficient (Wildman–Crippen LogP) is -11.2. The van der Waals surface area contributed by atoms with Crippen LogP contribution < -0.4 is 0 Å². The first-order valence-electron chi connectivity index (χ1n) is 34.4. The average Bonchev–Trinajstić information content (AvgIpc) is 1.16. The fourth-order valence-electron chi connectivity index (χ4n) is 17.9. The molecule has 2 bridgehead atoms. The van der Waals surface area contributed by atoms with Gasteiger partial charge < -0.3 is 189 Å². The fraction of sp³-hybridized carbons (Fsp3) is 0.968. The molecule has 10 rings (SSSR count).